The van der Waals surface area contributed by atoms with Gasteiger partial charge in [-0.2, -0.15) is 0 Å². The Balaban J connectivity index is 1.39. The molecule has 5 rings (SSSR count). The summed E-state index contributed by atoms with van der Waals surface area (Å²) in [4.78, 5) is 13.2. The lowest BCUT2D eigenvalue weighted by molar-refractivity contribution is 0.116. The number of benzene rings is 1. The Labute approximate surface area is 160 Å². The molecule has 2 unspecified atom stereocenters. The molecule has 1 aliphatic rings. The molecule has 1 aliphatic carbocycles. The topological polar surface area (TPSA) is 75.3 Å². The Kier molecular flexibility index (Phi) is 4.26. The van der Waals surface area contributed by atoms with E-state index < -0.39 is 0 Å². The number of imidazole rings is 1. The van der Waals surface area contributed by atoms with Crippen molar-refractivity contribution >= 4 is 32.3 Å². The molecule has 27 heavy (non-hydrogen) atoms. The second-order valence-electron chi connectivity index (χ2n) is 7.15. The van der Waals surface area contributed by atoms with Crippen molar-refractivity contribution in [3.05, 3.63) is 54.2 Å². The molecular weight excluding hydrogens is 358 g/mol. The summed E-state index contributed by atoms with van der Waals surface area (Å²) in [5.74, 6) is 0. The van der Waals surface area contributed by atoms with E-state index in [1.807, 2.05) is 12.4 Å². The first-order chi connectivity index (χ1) is 13.3. The molecule has 0 bridgehead atoms. The first-order valence-electron chi connectivity index (χ1n) is 9.36. The standard InChI is InChI=1S/C20H21N5OS/c26-17-4-2-1-3-15(17)23-20-24-16-6-5-13(10-18(16)27-20)9-14-11-22-19-12-21-7-8-25(14)19/h5-8,10-12,15,17,26H,1-4,9H2,(H,23,24). The zero-order chi connectivity index (χ0) is 18.2. The third kappa shape index (κ3) is 3.28. The molecular formula is C20H21N5OS. The number of hydrogen-bond donors (Lipinski definition) is 2. The summed E-state index contributed by atoms with van der Waals surface area (Å²) in [6.45, 7) is 0. The van der Waals surface area contributed by atoms with Gasteiger partial charge in [0, 0.05) is 30.7 Å². The van der Waals surface area contributed by atoms with Crippen LogP contribution in [0.1, 0.15) is 36.9 Å². The second kappa shape index (κ2) is 6.90. The third-order valence-corrected chi connectivity index (χ3v) is 6.22. The van der Waals surface area contributed by atoms with Gasteiger partial charge in [-0.1, -0.05) is 30.2 Å². The highest BCUT2D eigenvalue weighted by Crippen LogP contribution is 2.30. The summed E-state index contributed by atoms with van der Waals surface area (Å²) < 4.78 is 3.23. The Hall–Kier alpha value is -2.51. The SMILES string of the molecule is OC1CCCCC1Nc1nc2ccc(Cc3cnc4cnccn34)cc2s1. The number of nitrogens with one attached hydrogen (secondary N) is 1. The van der Waals surface area contributed by atoms with Crippen LogP contribution in [0.5, 0.6) is 0 Å². The molecule has 0 radical (unpaired) electrons. The van der Waals surface area contributed by atoms with E-state index in [-0.39, 0.29) is 12.1 Å². The predicted molar refractivity (Wildman–Crippen MR) is 107 cm³/mol. The van der Waals surface area contributed by atoms with Crippen molar-refractivity contribution in [2.75, 3.05) is 5.32 Å². The van der Waals surface area contributed by atoms with Crippen molar-refractivity contribution in [2.45, 2.75) is 44.2 Å². The first kappa shape index (κ1) is 16.6. The normalized spacial score (nSPS) is 20.3. The maximum absolute atomic E-state index is 10.2. The van der Waals surface area contributed by atoms with E-state index in [2.05, 4.69) is 37.9 Å². The fraction of sp³-hybridized carbons (Fsp3) is 0.350. The van der Waals surface area contributed by atoms with Gasteiger partial charge in [0.05, 0.1) is 28.6 Å². The first-order valence-corrected chi connectivity index (χ1v) is 10.2. The highest BCUT2D eigenvalue weighted by atomic mass is 32.1. The highest BCUT2D eigenvalue weighted by molar-refractivity contribution is 7.22. The smallest absolute Gasteiger partial charge is 0.184 e. The average molecular weight is 379 g/mol. The molecule has 3 aromatic heterocycles. The summed E-state index contributed by atoms with van der Waals surface area (Å²) >= 11 is 1.66. The summed E-state index contributed by atoms with van der Waals surface area (Å²) in [6.07, 6.45) is 12.1. The fourth-order valence-corrected chi connectivity index (χ4v) is 4.80. The lowest BCUT2D eigenvalue weighted by Gasteiger charge is -2.27. The van der Waals surface area contributed by atoms with Gasteiger partial charge in [-0.25, -0.2) is 9.97 Å². The van der Waals surface area contributed by atoms with E-state index >= 15 is 0 Å². The number of fused-ring (bicyclic) bond motifs is 2. The van der Waals surface area contributed by atoms with Gasteiger partial charge in [0.25, 0.3) is 0 Å². The summed E-state index contributed by atoms with van der Waals surface area (Å²) in [7, 11) is 0. The summed E-state index contributed by atoms with van der Waals surface area (Å²) in [5, 5.41) is 14.5. The van der Waals surface area contributed by atoms with Crippen molar-refractivity contribution in [1.29, 1.82) is 0 Å². The minimum atomic E-state index is -0.272. The number of thiazole rings is 1. The van der Waals surface area contributed by atoms with Gasteiger partial charge in [0.2, 0.25) is 0 Å². The van der Waals surface area contributed by atoms with E-state index in [0.29, 0.717) is 0 Å². The van der Waals surface area contributed by atoms with Gasteiger partial charge in [0.1, 0.15) is 0 Å². The molecule has 138 valence electrons. The molecule has 1 fully saturated rings. The monoisotopic (exact) mass is 379 g/mol. The number of rotatable bonds is 4. The Morgan fingerprint density at radius 3 is 3.07 bits per heavy atom. The summed E-state index contributed by atoms with van der Waals surface area (Å²) in [5.41, 5.74) is 4.23. The van der Waals surface area contributed by atoms with Crippen molar-refractivity contribution in [3.8, 4) is 0 Å². The van der Waals surface area contributed by atoms with E-state index in [4.69, 9.17) is 4.98 Å². The van der Waals surface area contributed by atoms with Crippen LogP contribution in [0.15, 0.2) is 43.0 Å². The largest absolute Gasteiger partial charge is 0.391 e. The molecule has 0 aliphatic heterocycles. The molecule has 7 heteroatoms. The lowest BCUT2D eigenvalue weighted by Crippen LogP contribution is -2.36. The predicted octanol–water partition coefficient (Wildman–Crippen LogP) is 3.65. The van der Waals surface area contributed by atoms with Crippen LogP contribution >= 0.6 is 11.3 Å². The third-order valence-electron chi connectivity index (χ3n) is 5.27. The van der Waals surface area contributed by atoms with Crippen LogP contribution in [0.2, 0.25) is 0 Å². The Morgan fingerprint density at radius 1 is 1.22 bits per heavy atom. The van der Waals surface area contributed by atoms with Crippen LogP contribution < -0.4 is 5.32 Å². The maximum Gasteiger partial charge on any atom is 0.184 e. The Bertz CT molecular complexity index is 1090. The molecule has 0 saturated heterocycles. The molecule has 4 aromatic rings. The van der Waals surface area contributed by atoms with Crippen LogP contribution in [0.4, 0.5) is 5.13 Å². The number of aliphatic hydroxyl groups is 1. The molecule has 0 amide bonds. The van der Waals surface area contributed by atoms with Crippen LogP contribution in [0.3, 0.4) is 0 Å². The van der Waals surface area contributed by atoms with Crippen molar-refractivity contribution in [2.24, 2.45) is 0 Å². The van der Waals surface area contributed by atoms with Gasteiger partial charge in [-0.15, -0.1) is 0 Å². The molecule has 1 saturated carbocycles. The van der Waals surface area contributed by atoms with E-state index in [9.17, 15) is 5.11 Å². The maximum atomic E-state index is 10.2. The van der Waals surface area contributed by atoms with Gasteiger partial charge in [0.15, 0.2) is 10.8 Å². The number of nitrogens with zero attached hydrogens (tertiary/aromatic N) is 4. The molecule has 1 aromatic carbocycles. The average Bonchev–Trinajstić information content (AvgIpc) is 3.27. The highest BCUT2D eigenvalue weighted by Gasteiger charge is 2.23. The van der Waals surface area contributed by atoms with E-state index in [1.165, 1.54) is 12.0 Å². The number of anilines is 1. The van der Waals surface area contributed by atoms with Gasteiger partial charge >= 0.3 is 0 Å². The second-order valence-corrected chi connectivity index (χ2v) is 8.19. The number of aromatic nitrogens is 4. The van der Waals surface area contributed by atoms with Crippen molar-refractivity contribution in [3.63, 3.8) is 0 Å². The number of hydrogen-bond acceptors (Lipinski definition) is 6. The van der Waals surface area contributed by atoms with Crippen LogP contribution in [-0.4, -0.2) is 36.6 Å². The number of aliphatic hydroxyl groups excluding tert-OH is 1. The minimum absolute atomic E-state index is 0.116. The molecule has 0 spiro atoms. The van der Waals surface area contributed by atoms with Crippen molar-refractivity contribution < 1.29 is 5.11 Å². The molecule has 6 nitrogen and oxygen atoms in total. The van der Waals surface area contributed by atoms with Gasteiger partial charge in [-0.3, -0.25) is 4.98 Å². The van der Waals surface area contributed by atoms with E-state index in [1.54, 1.807) is 23.7 Å². The summed E-state index contributed by atoms with van der Waals surface area (Å²) in [6, 6.07) is 6.53. The minimum Gasteiger partial charge on any atom is -0.391 e. The molecule has 2 N–H and O–H groups in total. The fourth-order valence-electron chi connectivity index (χ4n) is 3.81. The zero-order valence-corrected chi connectivity index (χ0v) is 15.7. The molecule has 3 heterocycles. The zero-order valence-electron chi connectivity index (χ0n) is 14.9. The van der Waals surface area contributed by atoms with Crippen LogP contribution in [-0.2, 0) is 6.42 Å². The Morgan fingerprint density at radius 2 is 2.15 bits per heavy atom. The molecule has 2 atom stereocenters. The lowest BCUT2D eigenvalue weighted by atomic mass is 9.93. The van der Waals surface area contributed by atoms with Gasteiger partial charge in [-0.05, 0) is 30.5 Å². The van der Waals surface area contributed by atoms with Crippen LogP contribution in [0.25, 0.3) is 15.9 Å². The van der Waals surface area contributed by atoms with E-state index in [0.717, 1.165) is 52.4 Å². The van der Waals surface area contributed by atoms with Crippen molar-refractivity contribution in [1.82, 2.24) is 19.4 Å². The quantitative estimate of drug-likeness (QED) is 0.566. The van der Waals surface area contributed by atoms with Crippen LogP contribution in [0, 0.1) is 0 Å². The van der Waals surface area contributed by atoms with Gasteiger partial charge < -0.3 is 14.8 Å².